The highest BCUT2D eigenvalue weighted by atomic mass is 79.9. The highest BCUT2D eigenvalue weighted by Crippen LogP contribution is 2.20. The van der Waals surface area contributed by atoms with Gasteiger partial charge in [-0.15, -0.1) is 0 Å². The summed E-state index contributed by atoms with van der Waals surface area (Å²) in [6, 6.07) is 18.7. The fourth-order valence-electron chi connectivity index (χ4n) is 2.01. The summed E-state index contributed by atoms with van der Waals surface area (Å²) < 4.78 is 0. The number of benzene rings is 2. The van der Waals surface area contributed by atoms with Crippen molar-refractivity contribution in [3.05, 3.63) is 60.2 Å². The molecule has 2 heteroatoms. The molecular formula is C17H17BrO. The van der Waals surface area contributed by atoms with E-state index >= 15 is 0 Å². The molecule has 0 spiro atoms. The maximum absolute atomic E-state index is 11.6. The van der Waals surface area contributed by atoms with Gasteiger partial charge in [0.1, 0.15) is 5.78 Å². The summed E-state index contributed by atoms with van der Waals surface area (Å²) in [4.78, 5) is 11.5. The molecule has 2 rings (SSSR count). The van der Waals surface area contributed by atoms with E-state index in [9.17, 15) is 4.79 Å². The van der Waals surface area contributed by atoms with Gasteiger partial charge in [-0.2, -0.15) is 0 Å². The van der Waals surface area contributed by atoms with Crippen LogP contribution in [0, 0.1) is 0 Å². The molecule has 0 aromatic heterocycles. The van der Waals surface area contributed by atoms with Crippen LogP contribution >= 0.6 is 15.9 Å². The lowest BCUT2D eigenvalue weighted by molar-refractivity contribution is -0.118. The Hall–Kier alpha value is -1.41. The molecule has 0 aliphatic carbocycles. The molecule has 0 saturated carbocycles. The number of ketones is 1. The van der Waals surface area contributed by atoms with Crippen LogP contribution in [-0.2, 0) is 11.2 Å². The number of halogens is 1. The summed E-state index contributed by atoms with van der Waals surface area (Å²) in [5.74, 6) is 0.257. The first kappa shape index (κ1) is 14.0. The molecule has 0 N–H and O–H groups in total. The molecule has 19 heavy (non-hydrogen) atoms. The average molecular weight is 317 g/mol. The normalized spacial score (nSPS) is 12.1. The minimum Gasteiger partial charge on any atom is -0.298 e. The summed E-state index contributed by atoms with van der Waals surface area (Å²) in [7, 11) is 0. The lowest BCUT2D eigenvalue weighted by Crippen LogP contribution is -2.15. The lowest BCUT2D eigenvalue weighted by Gasteiger charge is -2.08. The van der Waals surface area contributed by atoms with Crippen molar-refractivity contribution < 1.29 is 4.79 Å². The monoisotopic (exact) mass is 316 g/mol. The third-order valence-electron chi connectivity index (χ3n) is 3.17. The van der Waals surface area contributed by atoms with E-state index in [4.69, 9.17) is 0 Å². The molecule has 2 aromatic rings. The lowest BCUT2D eigenvalue weighted by atomic mass is 10.0. The number of hydrogen-bond donors (Lipinski definition) is 0. The van der Waals surface area contributed by atoms with E-state index in [0.717, 1.165) is 6.42 Å². The van der Waals surface area contributed by atoms with Crippen molar-refractivity contribution in [1.29, 1.82) is 0 Å². The summed E-state index contributed by atoms with van der Waals surface area (Å²) in [5.41, 5.74) is 3.61. The van der Waals surface area contributed by atoms with Crippen LogP contribution in [-0.4, -0.2) is 10.6 Å². The van der Waals surface area contributed by atoms with E-state index in [2.05, 4.69) is 52.3 Å². The molecule has 0 fully saturated rings. The molecule has 0 bridgehead atoms. The SMILES string of the molecule is CCC(=O)C(Br)Cc1ccc(-c2ccccc2)cc1. The van der Waals surface area contributed by atoms with Gasteiger partial charge < -0.3 is 0 Å². The van der Waals surface area contributed by atoms with Crippen molar-refractivity contribution >= 4 is 21.7 Å². The maximum atomic E-state index is 11.6. The number of carbonyl (C=O) groups excluding carboxylic acids is 1. The largest absolute Gasteiger partial charge is 0.298 e. The molecule has 0 aliphatic heterocycles. The third kappa shape index (κ3) is 3.77. The zero-order chi connectivity index (χ0) is 13.7. The Balaban J connectivity index is 2.09. The summed E-state index contributed by atoms with van der Waals surface area (Å²) in [6.07, 6.45) is 1.33. The number of Topliss-reactive ketones (excluding diaryl/α,β-unsaturated/α-hetero) is 1. The predicted octanol–water partition coefficient (Wildman–Crippen LogP) is 4.64. The van der Waals surface area contributed by atoms with Crippen molar-refractivity contribution in [1.82, 2.24) is 0 Å². The van der Waals surface area contributed by atoms with Crippen LogP contribution in [0.25, 0.3) is 11.1 Å². The number of alkyl halides is 1. The van der Waals surface area contributed by atoms with Crippen LogP contribution in [0.4, 0.5) is 0 Å². The first-order chi connectivity index (χ1) is 9.20. The maximum Gasteiger partial charge on any atom is 0.146 e. The van der Waals surface area contributed by atoms with E-state index in [-0.39, 0.29) is 10.6 Å². The van der Waals surface area contributed by atoms with E-state index < -0.39 is 0 Å². The quantitative estimate of drug-likeness (QED) is 0.734. The van der Waals surface area contributed by atoms with Crippen molar-refractivity contribution in [3.63, 3.8) is 0 Å². The average Bonchev–Trinajstić information content (AvgIpc) is 2.48. The Morgan fingerprint density at radius 3 is 2.16 bits per heavy atom. The second-order valence-corrected chi connectivity index (χ2v) is 5.66. The molecule has 1 nitrogen and oxygen atoms in total. The van der Waals surface area contributed by atoms with E-state index in [1.165, 1.54) is 16.7 Å². The van der Waals surface area contributed by atoms with Gasteiger partial charge in [-0.1, -0.05) is 77.5 Å². The van der Waals surface area contributed by atoms with Crippen LogP contribution < -0.4 is 0 Å². The van der Waals surface area contributed by atoms with Crippen molar-refractivity contribution in [3.8, 4) is 11.1 Å². The van der Waals surface area contributed by atoms with E-state index in [1.807, 2.05) is 25.1 Å². The van der Waals surface area contributed by atoms with Gasteiger partial charge >= 0.3 is 0 Å². The molecule has 1 unspecified atom stereocenters. The molecule has 0 radical (unpaired) electrons. The van der Waals surface area contributed by atoms with Gasteiger partial charge in [0, 0.05) is 6.42 Å². The van der Waals surface area contributed by atoms with Gasteiger partial charge in [-0.3, -0.25) is 4.79 Å². The minimum atomic E-state index is -0.0694. The minimum absolute atomic E-state index is 0.0694. The van der Waals surface area contributed by atoms with Crippen LogP contribution in [0.3, 0.4) is 0 Å². The fraction of sp³-hybridized carbons (Fsp3) is 0.235. The van der Waals surface area contributed by atoms with E-state index in [1.54, 1.807) is 0 Å². The smallest absolute Gasteiger partial charge is 0.146 e. The second-order valence-electron chi connectivity index (χ2n) is 4.55. The zero-order valence-electron chi connectivity index (χ0n) is 11.0. The molecule has 0 saturated heterocycles. The molecule has 1 atom stereocenters. The molecule has 0 heterocycles. The number of hydrogen-bond acceptors (Lipinski definition) is 1. The van der Waals surface area contributed by atoms with Crippen LogP contribution in [0.5, 0.6) is 0 Å². The van der Waals surface area contributed by atoms with Crippen molar-refractivity contribution in [2.45, 2.75) is 24.6 Å². The fourth-order valence-corrected chi connectivity index (χ4v) is 2.70. The first-order valence-corrected chi connectivity index (χ1v) is 7.43. The first-order valence-electron chi connectivity index (χ1n) is 6.52. The molecule has 0 aliphatic rings. The van der Waals surface area contributed by atoms with Gasteiger partial charge in [0.25, 0.3) is 0 Å². The molecule has 0 amide bonds. The Morgan fingerprint density at radius 1 is 1.00 bits per heavy atom. The summed E-state index contributed by atoms with van der Waals surface area (Å²) >= 11 is 3.45. The Kier molecular flexibility index (Phi) is 4.92. The number of rotatable bonds is 5. The predicted molar refractivity (Wildman–Crippen MR) is 83.6 cm³/mol. The Bertz CT molecular complexity index is 531. The summed E-state index contributed by atoms with van der Waals surface area (Å²) in [6.45, 7) is 1.90. The van der Waals surface area contributed by atoms with Gasteiger partial charge in [-0.05, 0) is 23.1 Å². The highest BCUT2D eigenvalue weighted by molar-refractivity contribution is 9.10. The van der Waals surface area contributed by atoms with Gasteiger partial charge in [0.05, 0.1) is 4.83 Å². The molecule has 2 aromatic carbocycles. The van der Waals surface area contributed by atoms with Gasteiger partial charge in [-0.25, -0.2) is 0 Å². The zero-order valence-corrected chi connectivity index (χ0v) is 12.6. The van der Waals surface area contributed by atoms with Crippen LogP contribution in [0.2, 0.25) is 0 Å². The van der Waals surface area contributed by atoms with Crippen LogP contribution in [0.1, 0.15) is 18.9 Å². The highest BCUT2D eigenvalue weighted by Gasteiger charge is 2.13. The van der Waals surface area contributed by atoms with Crippen molar-refractivity contribution in [2.24, 2.45) is 0 Å². The van der Waals surface area contributed by atoms with Crippen molar-refractivity contribution in [2.75, 3.05) is 0 Å². The Labute approximate surface area is 122 Å². The molecular weight excluding hydrogens is 300 g/mol. The topological polar surface area (TPSA) is 17.1 Å². The Morgan fingerprint density at radius 2 is 1.58 bits per heavy atom. The third-order valence-corrected chi connectivity index (χ3v) is 4.01. The summed E-state index contributed by atoms with van der Waals surface area (Å²) in [5, 5.41) is 0. The second kappa shape index (κ2) is 6.67. The molecule has 98 valence electrons. The van der Waals surface area contributed by atoms with Gasteiger partial charge in [0.2, 0.25) is 0 Å². The van der Waals surface area contributed by atoms with Gasteiger partial charge in [0.15, 0.2) is 0 Å². The number of carbonyl (C=O) groups is 1. The van der Waals surface area contributed by atoms with Crippen LogP contribution in [0.15, 0.2) is 54.6 Å². The van der Waals surface area contributed by atoms with E-state index in [0.29, 0.717) is 6.42 Å². The standard InChI is InChI=1S/C17H17BrO/c1-2-17(19)16(18)12-13-8-10-15(11-9-13)14-6-4-3-5-7-14/h3-11,16H,2,12H2,1H3.